The van der Waals surface area contributed by atoms with E-state index in [1.165, 1.54) is 0 Å². The lowest BCUT2D eigenvalue weighted by Crippen LogP contribution is -2.06. The first kappa shape index (κ1) is 12.6. The Bertz CT molecular complexity index is 834. The van der Waals surface area contributed by atoms with E-state index in [1.807, 2.05) is 43.3 Å². The van der Waals surface area contributed by atoms with Gasteiger partial charge in [-0.1, -0.05) is 36.4 Å². The van der Waals surface area contributed by atoms with Gasteiger partial charge >= 0.3 is 0 Å². The lowest BCUT2D eigenvalue weighted by Gasteiger charge is -2.10. The number of rotatable bonds is 2. The number of benzene rings is 2. The highest BCUT2D eigenvalue weighted by Crippen LogP contribution is 2.29. The van der Waals surface area contributed by atoms with Crippen LogP contribution in [-0.2, 0) is 6.61 Å². The smallest absolute Gasteiger partial charge is 0.255 e. The molecule has 0 aliphatic carbocycles. The SMILES string of the molecule is Cc1ccccc1-c1c[nH]c(=O)c2cc(CO)ccc12. The van der Waals surface area contributed by atoms with Crippen molar-refractivity contribution in [2.75, 3.05) is 0 Å². The molecule has 0 atom stereocenters. The zero-order valence-electron chi connectivity index (χ0n) is 11.2. The summed E-state index contributed by atoms with van der Waals surface area (Å²) in [6.45, 7) is 1.98. The van der Waals surface area contributed by atoms with Crippen LogP contribution in [0.5, 0.6) is 0 Å². The van der Waals surface area contributed by atoms with Gasteiger partial charge in [0.25, 0.3) is 5.56 Å². The number of aryl methyl sites for hydroxylation is 1. The molecule has 0 aliphatic rings. The monoisotopic (exact) mass is 265 g/mol. The first-order chi connectivity index (χ1) is 9.70. The van der Waals surface area contributed by atoms with Crippen LogP contribution in [0.4, 0.5) is 0 Å². The van der Waals surface area contributed by atoms with E-state index >= 15 is 0 Å². The van der Waals surface area contributed by atoms with Crippen molar-refractivity contribution in [2.24, 2.45) is 0 Å². The van der Waals surface area contributed by atoms with Crippen molar-refractivity contribution in [3.8, 4) is 11.1 Å². The maximum atomic E-state index is 12.0. The third-order valence-electron chi connectivity index (χ3n) is 3.58. The van der Waals surface area contributed by atoms with Crippen LogP contribution in [0.1, 0.15) is 11.1 Å². The van der Waals surface area contributed by atoms with Crippen molar-refractivity contribution in [1.82, 2.24) is 4.98 Å². The highest BCUT2D eigenvalue weighted by atomic mass is 16.3. The normalized spacial score (nSPS) is 10.9. The minimum atomic E-state index is -0.132. The van der Waals surface area contributed by atoms with E-state index < -0.39 is 0 Å². The molecule has 100 valence electrons. The number of hydrogen-bond donors (Lipinski definition) is 2. The Kier molecular flexibility index (Phi) is 3.12. The molecule has 0 saturated carbocycles. The molecular weight excluding hydrogens is 250 g/mol. The molecule has 0 unspecified atom stereocenters. The summed E-state index contributed by atoms with van der Waals surface area (Å²) in [4.78, 5) is 14.8. The molecule has 2 aromatic carbocycles. The Morgan fingerprint density at radius 3 is 2.60 bits per heavy atom. The molecule has 0 fully saturated rings. The van der Waals surface area contributed by atoms with Crippen LogP contribution in [0, 0.1) is 6.92 Å². The summed E-state index contributed by atoms with van der Waals surface area (Å²) in [6, 6.07) is 13.6. The van der Waals surface area contributed by atoms with Gasteiger partial charge in [0.05, 0.1) is 6.61 Å². The van der Waals surface area contributed by atoms with E-state index in [4.69, 9.17) is 0 Å². The molecule has 1 aromatic heterocycles. The molecule has 0 bridgehead atoms. The fourth-order valence-electron chi connectivity index (χ4n) is 2.50. The fraction of sp³-hybridized carbons (Fsp3) is 0.118. The van der Waals surface area contributed by atoms with E-state index in [2.05, 4.69) is 4.98 Å². The lowest BCUT2D eigenvalue weighted by atomic mass is 9.96. The number of aliphatic hydroxyl groups excluding tert-OH is 1. The second-order valence-corrected chi connectivity index (χ2v) is 4.88. The van der Waals surface area contributed by atoms with E-state index in [0.717, 1.165) is 27.6 Å². The van der Waals surface area contributed by atoms with Crippen LogP contribution in [0.15, 0.2) is 53.5 Å². The maximum Gasteiger partial charge on any atom is 0.255 e. The predicted octanol–water partition coefficient (Wildman–Crippen LogP) is 3.00. The maximum absolute atomic E-state index is 12.0. The second-order valence-electron chi connectivity index (χ2n) is 4.88. The quantitative estimate of drug-likeness (QED) is 0.748. The van der Waals surface area contributed by atoms with Crippen molar-refractivity contribution in [3.05, 3.63) is 70.1 Å². The third kappa shape index (κ3) is 2.02. The molecule has 2 N–H and O–H groups in total. The minimum Gasteiger partial charge on any atom is -0.392 e. The number of H-pyrrole nitrogens is 1. The molecule has 0 radical (unpaired) electrons. The van der Waals surface area contributed by atoms with Crippen LogP contribution < -0.4 is 5.56 Å². The average Bonchev–Trinajstić information content (AvgIpc) is 2.48. The van der Waals surface area contributed by atoms with Gasteiger partial charge in [-0.25, -0.2) is 0 Å². The van der Waals surface area contributed by atoms with E-state index in [9.17, 15) is 9.90 Å². The summed E-state index contributed by atoms with van der Waals surface area (Å²) in [6.07, 6.45) is 1.76. The Morgan fingerprint density at radius 2 is 1.85 bits per heavy atom. The Balaban J connectivity index is 2.36. The number of fused-ring (bicyclic) bond motifs is 1. The molecule has 3 aromatic rings. The number of aromatic nitrogens is 1. The number of hydrogen-bond acceptors (Lipinski definition) is 2. The first-order valence-corrected chi connectivity index (χ1v) is 6.52. The summed E-state index contributed by atoms with van der Waals surface area (Å²) in [5.74, 6) is 0. The van der Waals surface area contributed by atoms with Gasteiger partial charge in [0.15, 0.2) is 0 Å². The molecule has 0 aliphatic heterocycles. The van der Waals surface area contributed by atoms with Gasteiger partial charge in [-0.05, 0) is 35.1 Å². The molecule has 0 amide bonds. The van der Waals surface area contributed by atoms with Crippen molar-refractivity contribution >= 4 is 10.8 Å². The summed E-state index contributed by atoms with van der Waals surface area (Å²) >= 11 is 0. The van der Waals surface area contributed by atoms with Gasteiger partial charge in [0.2, 0.25) is 0 Å². The molecule has 0 spiro atoms. The lowest BCUT2D eigenvalue weighted by molar-refractivity contribution is 0.282. The van der Waals surface area contributed by atoms with E-state index in [0.29, 0.717) is 5.39 Å². The number of aromatic amines is 1. The van der Waals surface area contributed by atoms with Gasteiger partial charge in [-0.15, -0.1) is 0 Å². The molecular formula is C17H15NO2. The number of aliphatic hydroxyl groups is 1. The molecule has 3 rings (SSSR count). The summed E-state index contributed by atoms with van der Waals surface area (Å²) in [5.41, 5.74) is 3.87. The Labute approximate surface area is 116 Å². The van der Waals surface area contributed by atoms with Crippen molar-refractivity contribution in [2.45, 2.75) is 13.5 Å². The molecule has 0 saturated heterocycles. The standard InChI is InChI=1S/C17H15NO2/c1-11-4-2-3-5-13(11)16-9-18-17(20)15-8-12(10-19)6-7-14(15)16/h2-9,19H,10H2,1H3,(H,18,20). The van der Waals surface area contributed by atoms with Gasteiger partial charge in [-0.3, -0.25) is 4.79 Å². The highest BCUT2D eigenvalue weighted by molar-refractivity contribution is 5.96. The highest BCUT2D eigenvalue weighted by Gasteiger charge is 2.09. The zero-order valence-corrected chi connectivity index (χ0v) is 11.2. The third-order valence-corrected chi connectivity index (χ3v) is 3.58. The van der Waals surface area contributed by atoms with Crippen LogP contribution in [0.2, 0.25) is 0 Å². The second kappa shape index (κ2) is 4.94. The summed E-state index contributed by atoms with van der Waals surface area (Å²) in [5, 5.41) is 10.7. The fourth-order valence-corrected chi connectivity index (χ4v) is 2.50. The molecule has 20 heavy (non-hydrogen) atoms. The van der Waals surface area contributed by atoms with Gasteiger partial charge < -0.3 is 10.1 Å². The number of pyridine rings is 1. The van der Waals surface area contributed by atoms with Crippen molar-refractivity contribution < 1.29 is 5.11 Å². The summed E-state index contributed by atoms with van der Waals surface area (Å²) < 4.78 is 0. The van der Waals surface area contributed by atoms with Crippen molar-refractivity contribution in [3.63, 3.8) is 0 Å². The van der Waals surface area contributed by atoms with Gasteiger partial charge in [0.1, 0.15) is 0 Å². The zero-order chi connectivity index (χ0) is 14.1. The first-order valence-electron chi connectivity index (χ1n) is 6.52. The molecule has 3 nitrogen and oxygen atoms in total. The number of nitrogens with one attached hydrogen (secondary N) is 1. The molecule has 3 heteroatoms. The largest absolute Gasteiger partial charge is 0.392 e. The van der Waals surface area contributed by atoms with Gasteiger partial charge in [0, 0.05) is 17.1 Å². The van der Waals surface area contributed by atoms with E-state index in [-0.39, 0.29) is 12.2 Å². The van der Waals surface area contributed by atoms with Crippen molar-refractivity contribution in [1.29, 1.82) is 0 Å². The van der Waals surface area contributed by atoms with Crippen LogP contribution in [0.25, 0.3) is 21.9 Å². The topological polar surface area (TPSA) is 53.1 Å². The average molecular weight is 265 g/mol. The predicted molar refractivity (Wildman–Crippen MR) is 80.7 cm³/mol. The van der Waals surface area contributed by atoms with Crippen LogP contribution in [-0.4, -0.2) is 10.1 Å². The minimum absolute atomic E-state index is 0.0655. The Hall–Kier alpha value is -2.39. The Morgan fingerprint density at radius 1 is 1.05 bits per heavy atom. The molecule has 1 heterocycles. The summed E-state index contributed by atoms with van der Waals surface area (Å²) in [7, 11) is 0. The van der Waals surface area contributed by atoms with Gasteiger partial charge in [-0.2, -0.15) is 0 Å². The van der Waals surface area contributed by atoms with Crippen LogP contribution in [0.3, 0.4) is 0 Å². The van der Waals surface area contributed by atoms with Crippen LogP contribution >= 0.6 is 0 Å². The van der Waals surface area contributed by atoms with E-state index in [1.54, 1.807) is 12.3 Å².